The van der Waals surface area contributed by atoms with Crippen molar-refractivity contribution >= 4 is 28.7 Å². The molecule has 2 heterocycles. The van der Waals surface area contributed by atoms with Gasteiger partial charge in [-0.15, -0.1) is 11.8 Å². The zero-order chi connectivity index (χ0) is 18.1. The summed E-state index contributed by atoms with van der Waals surface area (Å²) in [7, 11) is 0. The Labute approximate surface area is 147 Å². The molecule has 1 aromatic carbocycles. The molecule has 134 valence electrons. The Morgan fingerprint density at radius 3 is 2.76 bits per heavy atom. The fourth-order valence-electron chi connectivity index (χ4n) is 2.70. The second-order valence-electron chi connectivity index (χ2n) is 5.86. The standard InChI is InChI=1S/C17H18O7S/c1-8-5-14(19)24-12-6-10(3-4-11(8)12)23-17-16(21)15(20)13(7-25-17)22-9(2)18/h3-6,13,15-17,20-21H,7H2,1-2H3/t13-,15+,16-,17-/m1/s1. The Bertz CT molecular complexity index is 846. The Morgan fingerprint density at radius 1 is 1.28 bits per heavy atom. The summed E-state index contributed by atoms with van der Waals surface area (Å²) in [6, 6.07) is 6.45. The summed E-state index contributed by atoms with van der Waals surface area (Å²) in [5, 5.41) is 21.1. The van der Waals surface area contributed by atoms with E-state index in [-0.39, 0.29) is 0 Å². The van der Waals surface area contributed by atoms with Crippen molar-refractivity contribution < 1.29 is 28.9 Å². The third kappa shape index (κ3) is 3.81. The van der Waals surface area contributed by atoms with Gasteiger partial charge in [0.05, 0.1) is 0 Å². The van der Waals surface area contributed by atoms with Crippen LogP contribution in [-0.2, 0) is 9.53 Å². The van der Waals surface area contributed by atoms with Crippen molar-refractivity contribution in [3.8, 4) is 5.75 Å². The Balaban J connectivity index is 1.77. The molecular formula is C17H18O7S. The number of aliphatic hydroxyl groups excluding tert-OH is 2. The van der Waals surface area contributed by atoms with E-state index < -0.39 is 35.3 Å². The van der Waals surface area contributed by atoms with Crippen molar-refractivity contribution in [3.05, 3.63) is 40.2 Å². The summed E-state index contributed by atoms with van der Waals surface area (Å²) in [6.07, 6.45) is -3.26. The lowest BCUT2D eigenvalue weighted by Crippen LogP contribution is -2.52. The molecule has 0 spiro atoms. The summed E-state index contributed by atoms with van der Waals surface area (Å²) >= 11 is 1.23. The molecule has 0 bridgehead atoms. The average molecular weight is 366 g/mol. The number of carbonyl (C=O) groups excluding carboxylic acids is 1. The number of thioether (sulfide) groups is 1. The van der Waals surface area contributed by atoms with Crippen LogP contribution in [0.25, 0.3) is 11.0 Å². The molecule has 0 radical (unpaired) electrons. The predicted octanol–water partition coefficient (Wildman–Crippen LogP) is 1.21. The number of ether oxygens (including phenoxy) is 2. The Kier molecular flexibility index (Phi) is 5.03. The highest BCUT2D eigenvalue weighted by Crippen LogP contribution is 2.31. The fourth-order valence-corrected chi connectivity index (χ4v) is 3.88. The first kappa shape index (κ1) is 17.8. The van der Waals surface area contributed by atoms with E-state index in [2.05, 4.69) is 0 Å². The molecule has 4 atom stereocenters. The zero-order valence-electron chi connectivity index (χ0n) is 13.7. The van der Waals surface area contributed by atoms with Crippen LogP contribution in [-0.4, -0.2) is 45.7 Å². The SMILES string of the molecule is CC(=O)O[C@@H]1CS[C@@H](Oc2ccc3c(C)cc(=O)oc3c2)[C@H](O)[C@H]1O. The van der Waals surface area contributed by atoms with Crippen molar-refractivity contribution in [2.24, 2.45) is 0 Å². The normalized spacial score (nSPS) is 26.4. The third-order valence-corrected chi connectivity index (χ3v) is 5.15. The lowest BCUT2D eigenvalue weighted by atomic mass is 10.1. The lowest BCUT2D eigenvalue weighted by Gasteiger charge is -2.36. The monoisotopic (exact) mass is 366 g/mol. The highest BCUT2D eigenvalue weighted by atomic mass is 32.2. The van der Waals surface area contributed by atoms with Crippen LogP contribution in [0.2, 0.25) is 0 Å². The molecule has 25 heavy (non-hydrogen) atoms. The maximum absolute atomic E-state index is 11.5. The smallest absolute Gasteiger partial charge is 0.336 e. The molecule has 3 rings (SSSR count). The quantitative estimate of drug-likeness (QED) is 0.617. The second kappa shape index (κ2) is 7.07. The van der Waals surface area contributed by atoms with Gasteiger partial charge in [-0.1, -0.05) is 0 Å². The van der Waals surface area contributed by atoms with Crippen molar-refractivity contribution in [1.82, 2.24) is 0 Å². The van der Waals surface area contributed by atoms with Gasteiger partial charge in [-0.25, -0.2) is 4.79 Å². The minimum absolute atomic E-state index is 0.296. The van der Waals surface area contributed by atoms with E-state index in [1.807, 2.05) is 6.92 Å². The molecule has 2 aromatic rings. The number of esters is 1. The van der Waals surface area contributed by atoms with Gasteiger partial charge in [0.25, 0.3) is 0 Å². The second-order valence-corrected chi connectivity index (χ2v) is 6.99. The summed E-state index contributed by atoms with van der Waals surface area (Å²) in [6.45, 7) is 3.06. The molecule has 0 amide bonds. The molecule has 0 saturated carbocycles. The number of aryl methyl sites for hydroxylation is 1. The number of rotatable bonds is 3. The molecule has 8 heteroatoms. The summed E-state index contributed by atoms with van der Waals surface area (Å²) in [4.78, 5) is 22.5. The Morgan fingerprint density at radius 2 is 2.04 bits per heavy atom. The topological polar surface area (TPSA) is 106 Å². The lowest BCUT2D eigenvalue weighted by molar-refractivity contribution is -0.157. The number of aliphatic hydroxyl groups is 2. The molecule has 1 aliphatic rings. The third-order valence-electron chi connectivity index (χ3n) is 3.93. The molecule has 2 N–H and O–H groups in total. The minimum atomic E-state index is -1.24. The molecule has 1 aliphatic heterocycles. The summed E-state index contributed by atoms with van der Waals surface area (Å²) in [5.74, 6) is 0.177. The van der Waals surface area contributed by atoms with Crippen LogP contribution < -0.4 is 10.4 Å². The first-order chi connectivity index (χ1) is 11.8. The van der Waals surface area contributed by atoms with Crippen LogP contribution in [0.15, 0.2) is 33.5 Å². The van der Waals surface area contributed by atoms with Crippen LogP contribution in [0.1, 0.15) is 12.5 Å². The molecule has 1 fully saturated rings. The largest absolute Gasteiger partial charge is 0.477 e. The van der Waals surface area contributed by atoms with Gasteiger partial charge < -0.3 is 24.1 Å². The van der Waals surface area contributed by atoms with E-state index in [0.29, 0.717) is 17.1 Å². The van der Waals surface area contributed by atoms with Gasteiger partial charge in [-0.3, -0.25) is 4.79 Å². The van der Waals surface area contributed by atoms with Crippen molar-refractivity contribution in [2.75, 3.05) is 5.75 Å². The van der Waals surface area contributed by atoms with Crippen LogP contribution >= 0.6 is 11.8 Å². The average Bonchev–Trinajstić information content (AvgIpc) is 2.53. The van der Waals surface area contributed by atoms with Gasteiger partial charge in [0.1, 0.15) is 29.6 Å². The maximum atomic E-state index is 11.5. The van der Waals surface area contributed by atoms with Crippen LogP contribution in [0, 0.1) is 6.92 Å². The number of benzene rings is 1. The first-order valence-electron chi connectivity index (χ1n) is 7.71. The van der Waals surface area contributed by atoms with Gasteiger partial charge in [-0.2, -0.15) is 0 Å². The van der Waals surface area contributed by atoms with Gasteiger partial charge in [0.15, 0.2) is 5.44 Å². The van der Waals surface area contributed by atoms with Gasteiger partial charge in [0.2, 0.25) is 0 Å². The summed E-state index contributed by atoms with van der Waals surface area (Å²) < 4.78 is 15.9. The maximum Gasteiger partial charge on any atom is 0.336 e. The minimum Gasteiger partial charge on any atom is -0.477 e. The molecule has 1 saturated heterocycles. The number of fused-ring (bicyclic) bond motifs is 1. The molecule has 1 aromatic heterocycles. The van der Waals surface area contributed by atoms with E-state index in [9.17, 15) is 19.8 Å². The molecule has 7 nitrogen and oxygen atoms in total. The number of hydrogen-bond acceptors (Lipinski definition) is 8. The van der Waals surface area contributed by atoms with Crippen LogP contribution in [0.3, 0.4) is 0 Å². The first-order valence-corrected chi connectivity index (χ1v) is 8.76. The summed E-state index contributed by atoms with van der Waals surface area (Å²) in [5.41, 5.74) is -0.00896. The van der Waals surface area contributed by atoms with E-state index in [0.717, 1.165) is 10.9 Å². The van der Waals surface area contributed by atoms with Crippen LogP contribution in [0.5, 0.6) is 5.75 Å². The molecular weight excluding hydrogens is 348 g/mol. The van der Waals surface area contributed by atoms with Gasteiger partial charge in [-0.05, 0) is 24.6 Å². The predicted molar refractivity (Wildman–Crippen MR) is 91.7 cm³/mol. The van der Waals surface area contributed by atoms with E-state index in [1.165, 1.54) is 24.8 Å². The van der Waals surface area contributed by atoms with Crippen molar-refractivity contribution in [1.29, 1.82) is 0 Å². The van der Waals surface area contributed by atoms with E-state index in [1.54, 1.807) is 18.2 Å². The van der Waals surface area contributed by atoms with Crippen molar-refractivity contribution in [2.45, 2.75) is 37.6 Å². The number of hydrogen-bond donors (Lipinski definition) is 2. The Hall–Kier alpha value is -2.03. The van der Waals surface area contributed by atoms with Gasteiger partial charge in [0, 0.05) is 30.2 Å². The highest BCUT2D eigenvalue weighted by molar-refractivity contribution is 7.99. The van der Waals surface area contributed by atoms with Gasteiger partial charge >= 0.3 is 11.6 Å². The zero-order valence-corrected chi connectivity index (χ0v) is 14.5. The molecule has 0 unspecified atom stereocenters. The molecule has 0 aliphatic carbocycles. The highest BCUT2D eigenvalue weighted by Gasteiger charge is 2.41. The number of carbonyl (C=O) groups is 1. The fraction of sp³-hybridized carbons (Fsp3) is 0.412. The van der Waals surface area contributed by atoms with Crippen LogP contribution in [0.4, 0.5) is 0 Å². The van der Waals surface area contributed by atoms with E-state index >= 15 is 0 Å². The van der Waals surface area contributed by atoms with Crippen molar-refractivity contribution in [3.63, 3.8) is 0 Å². The van der Waals surface area contributed by atoms with E-state index in [4.69, 9.17) is 13.9 Å².